The van der Waals surface area contributed by atoms with Crippen LogP contribution in [-0.2, 0) is 13.0 Å². The van der Waals surface area contributed by atoms with Gasteiger partial charge in [-0.15, -0.1) is 10.2 Å². The van der Waals surface area contributed by atoms with E-state index in [-0.39, 0.29) is 17.7 Å². The maximum atomic E-state index is 12.8. The summed E-state index contributed by atoms with van der Waals surface area (Å²) in [7, 11) is 0. The molecule has 29 heavy (non-hydrogen) atoms. The Hall–Kier alpha value is -3.55. The molecule has 146 valence electrons. The molecule has 0 radical (unpaired) electrons. The van der Waals surface area contributed by atoms with Gasteiger partial charge in [-0.05, 0) is 36.1 Å². The topological polar surface area (TPSA) is 93.0 Å². The summed E-state index contributed by atoms with van der Waals surface area (Å²) in [5.41, 5.74) is 1.37. The van der Waals surface area contributed by atoms with Crippen LogP contribution in [0.15, 0.2) is 54.9 Å². The van der Waals surface area contributed by atoms with Crippen LogP contribution in [0.1, 0.15) is 26.8 Å². The Morgan fingerprint density at radius 2 is 1.69 bits per heavy atom. The van der Waals surface area contributed by atoms with Crippen molar-refractivity contribution in [3.63, 3.8) is 0 Å². The van der Waals surface area contributed by atoms with Gasteiger partial charge in [0.2, 0.25) is 5.82 Å². The molecule has 8 nitrogen and oxygen atoms in total. The van der Waals surface area contributed by atoms with E-state index >= 15 is 0 Å². The largest absolute Gasteiger partial charge is 0.338 e. The van der Waals surface area contributed by atoms with Crippen molar-refractivity contribution in [2.24, 2.45) is 11.8 Å². The summed E-state index contributed by atoms with van der Waals surface area (Å²) in [6.45, 7) is 2.01. The molecule has 1 fully saturated rings. The molecule has 1 N–H and O–H groups in total. The van der Waals surface area contributed by atoms with Gasteiger partial charge in [-0.3, -0.25) is 14.6 Å². The monoisotopic (exact) mass is 388 g/mol. The molecule has 2 atom stereocenters. The van der Waals surface area contributed by atoms with Crippen molar-refractivity contribution in [1.29, 1.82) is 0 Å². The molecule has 2 aliphatic heterocycles. The highest BCUT2D eigenvalue weighted by molar-refractivity contribution is 6.01. The predicted molar refractivity (Wildman–Crippen MR) is 105 cm³/mol. The average molecular weight is 388 g/mol. The summed E-state index contributed by atoms with van der Waals surface area (Å²) >= 11 is 0. The van der Waals surface area contributed by atoms with Gasteiger partial charge in [0.1, 0.15) is 5.82 Å². The van der Waals surface area contributed by atoms with E-state index in [4.69, 9.17) is 0 Å². The molecular weight excluding hydrogens is 368 g/mol. The lowest BCUT2D eigenvalue weighted by Crippen LogP contribution is -2.31. The molecule has 2 amide bonds. The normalized spacial score (nSPS) is 20.1. The second kappa shape index (κ2) is 7.12. The van der Waals surface area contributed by atoms with Gasteiger partial charge in [0.25, 0.3) is 11.8 Å². The summed E-state index contributed by atoms with van der Waals surface area (Å²) in [5.74, 6) is 1.51. The SMILES string of the molecule is O=C(Nc1ccccc1)c1nnc2n1C[C@H]1CN(C(=O)c3ccncc3)C[C@H]1C2. The van der Waals surface area contributed by atoms with Gasteiger partial charge in [0, 0.05) is 49.7 Å². The Morgan fingerprint density at radius 3 is 2.48 bits per heavy atom. The number of nitrogens with one attached hydrogen (secondary N) is 1. The first-order valence-electron chi connectivity index (χ1n) is 9.67. The lowest BCUT2D eigenvalue weighted by molar-refractivity contribution is 0.0783. The number of carbonyl (C=O) groups excluding carboxylic acids is 2. The Balaban J connectivity index is 1.31. The molecule has 1 aromatic carbocycles. The Bertz CT molecular complexity index is 1050. The molecule has 5 rings (SSSR count). The molecular formula is C21H20N6O2. The molecule has 0 unspecified atom stereocenters. The lowest BCUT2D eigenvalue weighted by Gasteiger charge is -2.25. The van der Waals surface area contributed by atoms with Crippen LogP contribution in [0, 0.1) is 11.8 Å². The Labute approximate surface area is 167 Å². The second-order valence-electron chi connectivity index (χ2n) is 7.54. The molecule has 2 aromatic heterocycles. The maximum Gasteiger partial charge on any atom is 0.293 e. The number of aromatic nitrogens is 4. The molecule has 0 spiro atoms. The minimum Gasteiger partial charge on any atom is -0.338 e. The molecule has 8 heteroatoms. The van der Waals surface area contributed by atoms with E-state index in [1.54, 1.807) is 24.5 Å². The van der Waals surface area contributed by atoms with E-state index in [0.29, 0.717) is 36.9 Å². The van der Waals surface area contributed by atoms with E-state index in [9.17, 15) is 9.59 Å². The fraction of sp³-hybridized carbons (Fsp3) is 0.286. The van der Waals surface area contributed by atoms with Gasteiger partial charge in [-0.2, -0.15) is 0 Å². The van der Waals surface area contributed by atoms with Gasteiger partial charge in [-0.25, -0.2) is 0 Å². The summed E-state index contributed by atoms with van der Waals surface area (Å²) < 4.78 is 1.90. The van der Waals surface area contributed by atoms with Crippen LogP contribution < -0.4 is 5.32 Å². The van der Waals surface area contributed by atoms with E-state index in [0.717, 1.165) is 17.9 Å². The zero-order valence-electron chi connectivity index (χ0n) is 15.7. The van der Waals surface area contributed by atoms with E-state index in [2.05, 4.69) is 20.5 Å². The van der Waals surface area contributed by atoms with Crippen LogP contribution in [-0.4, -0.2) is 49.6 Å². The number of nitrogens with zero attached hydrogens (tertiary/aromatic N) is 5. The van der Waals surface area contributed by atoms with Crippen LogP contribution in [0.4, 0.5) is 5.69 Å². The van der Waals surface area contributed by atoms with Crippen molar-refractivity contribution in [2.75, 3.05) is 18.4 Å². The van der Waals surface area contributed by atoms with Crippen molar-refractivity contribution >= 4 is 17.5 Å². The van der Waals surface area contributed by atoms with Crippen molar-refractivity contribution < 1.29 is 9.59 Å². The summed E-state index contributed by atoms with van der Waals surface area (Å²) in [4.78, 5) is 31.3. The molecule has 0 bridgehead atoms. The van der Waals surface area contributed by atoms with Gasteiger partial charge in [0.05, 0.1) is 0 Å². The van der Waals surface area contributed by atoms with Gasteiger partial charge in [0.15, 0.2) is 0 Å². The summed E-state index contributed by atoms with van der Waals surface area (Å²) in [5, 5.41) is 11.3. The Kier molecular flexibility index (Phi) is 4.31. The highest BCUT2D eigenvalue weighted by atomic mass is 16.2. The van der Waals surface area contributed by atoms with Gasteiger partial charge >= 0.3 is 0 Å². The number of carbonyl (C=O) groups is 2. The quantitative estimate of drug-likeness (QED) is 0.739. The molecule has 3 aromatic rings. The van der Waals surface area contributed by atoms with Crippen molar-refractivity contribution in [3.8, 4) is 0 Å². The third-order valence-electron chi connectivity index (χ3n) is 5.71. The zero-order chi connectivity index (χ0) is 19.8. The first-order valence-corrected chi connectivity index (χ1v) is 9.67. The molecule has 0 saturated carbocycles. The van der Waals surface area contributed by atoms with Crippen LogP contribution in [0.2, 0.25) is 0 Å². The van der Waals surface area contributed by atoms with Gasteiger partial charge in [-0.1, -0.05) is 18.2 Å². The first kappa shape index (κ1) is 17.5. The van der Waals surface area contributed by atoms with Crippen LogP contribution in [0.5, 0.6) is 0 Å². The number of amides is 2. The van der Waals surface area contributed by atoms with Crippen LogP contribution in [0.25, 0.3) is 0 Å². The van der Waals surface area contributed by atoms with Crippen LogP contribution >= 0.6 is 0 Å². The summed E-state index contributed by atoms with van der Waals surface area (Å²) in [6.07, 6.45) is 3.99. The van der Waals surface area contributed by atoms with Crippen molar-refractivity contribution in [2.45, 2.75) is 13.0 Å². The number of para-hydroxylation sites is 1. The standard InChI is InChI=1S/C21H20N6O2/c28-20(23-17-4-2-1-3-5-17)19-25-24-18-10-15-11-26(12-16(15)13-27(18)19)21(29)14-6-8-22-9-7-14/h1-9,15-16H,10-13H2,(H,23,28)/t15-,16-/m1/s1. The highest BCUT2D eigenvalue weighted by Gasteiger charge is 2.40. The second-order valence-corrected chi connectivity index (χ2v) is 7.54. The van der Waals surface area contributed by atoms with Crippen molar-refractivity contribution in [1.82, 2.24) is 24.6 Å². The number of likely N-dealkylation sites (tertiary alicyclic amines) is 1. The van der Waals surface area contributed by atoms with E-state index in [1.165, 1.54) is 0 Å². The fourth-order valence-electron chi connectivity index (χ4n) is 4.24. The lowest BCUT2D eigenvalue weighted by atomic mass is 9.89. The minimum atomic E-state index is -0.267. The predicted octanol–water partition coefficient (Wildman–Crippen LogP) is 1.87. The first-order chi connectivity index (χ1) is 14.2. The smallest absolute Gasteiger partial charge is 0.293 e. The number of benzene rings is 1. The number of hydrogen-bond donors (Lipinski definition) is 1. The third-order valence-corrected chi connectivity index (χ3v) is 5.71. The highest BCUT2D eigenvalue weighted by Crippen LogP contribution is 2.33. The molecule has 4 heterocycles. The van der Waals surface area contributed by atoms with E-state index in [1.807, 2.05) is 39.8 Å². The molecule has 0 aliphatic carbocycles. The number of hydrogen-bond acceptors (Lipinski definition) is 5. The Morgan fingerprint density at radius 1 is 0.931 bits per heavy atom. The minimum absolute atomic E-state index is 0.0274. The maximum absolute atomic E-state index is 12.8. The van der Waals surface area contributed by atoms with Crippen LogP contribution in [0.3, 0.4) is 0 Å². The number of anilines is 1. The number of rotatable bonds is 3. The van der Waals surface area contributed by atoms with Gasteiger partial charge < -0.3 is 14.8 Å². The number of pyridine rings is 1. The van der Waals surface area contributed by atoms with Crippen molar-refractivity contribution in [3.05, 3.63) is 72.1 Å². The van der Waals surface area contributed by atoms with E-state index < -0.39 is 0 Å². The average Bonchev–Trinajstić information content (AvgIpc) is 3.36. The molecule has 2 aliphatic rings. The zero-order valence-corrected chi connectivity index (χ0v) is 15.7. The molecule has 1 saturated heterocycles. The number of fused-ring (bicyclic) bond motifs is 2. The third kappa shape index (κ3) is 3.26. The summed E-state index contributed by atoms with van der Waals surface area (Å²) in [6, 6.07) is 12.8. The fourth-order valence-corrected chi connectivity index (χ4v) is 4.24.